The minimum atomic E-state index is -0.836. The van der Waals surface area contributed by atoms with Crippen molar-refractivity contribution < 1.29 is 14.4 Å². The van der Waals surface area contributed by atoms with E-state index in [9.17, 15) is 14.4 Å². The Labute approximate surface area is 183 Å². The van der Waals surface area contributed by atoms with Crippen LogP contribution in [0.2, 0.25) is 0 Å². The highest BCUT2D eigenvalue weighted by Gasteiger charge is 2.52. The second kappa shape index (κ2) is 9.36. The van der Waals surface area contributed by atoms with Crippen LogP contribution in [0.3, 0.4) is 0 Å². The third kappa shape index (κ3) is 5.07. The van der Waals surface area contributed by atoms with E-state index in [1.807, 2.05) is 6.07 Å². The van der Waals surface area contributed by atoms with Gasteiger partial charge in [0.25, 0.3) is 11.8 Å². The highest BCUT2D eigenvalue weighted by molar-refractivity contribution is 6.08. The smallest absolute Gasteiger partial charge is 0.322 e. The number of nitrogens with zero attached hydrogens (tertiary/aromatic N) is 3. The maximum atomic E-state index is 12.9. The van der Waals surface area contributed by atoms with Gasteiger partial charge in [0, 0.05) is 19.6 Å². The summed E-state index contributed by atoms with van der Waals surface area (Å²) >= 11 is 0. The van der Waals surface area contributed by atoms with Gasteiger partial charge in [0.2, 0.25) is 0 Å². The topological polar surface area (TPSA) is 85.0 Å². The summed E-state index contributed by atoms with van der Waals surface area (Å²) in [6, 6.07) is 9.88. The summed E-state index contributed by atoms with van der Waals surface area (Å²) in [6.07, 6.45) is 4.05. The Morgan fingerprint density at radius 3 is 2.48 bits per heavy atom. The van der Waals surface area contributed by atoms with Gasteiger partial charge in [-0.15, -0.1) is 0 Å². The zero-order valence-corrected chi connectivity index (χ0v) is 18.3. The molecule has 4 amide bonds. The number of hydrogen-bond acceptors (Lipinski definition) is 5. The lowest BCUT2D eigenvalue weighted by Crippen LogP contribution is -2.53. The molecule has 0 radical (unpaired) electrons. The molecule has 8 heteroatoms. The molecule has 3 aliphatic rings. The van der Waals surface area contributed by atoms with Crippen LogP contribution < -0.4 is 10.7 Å². The molecule has 8 nitrogen and oxygen atoms in total. The Kier molecular flexibility index (Phi) is 6.57. The molecule has 1 aliphatic carbocycles. The number of carbonyl (C=O) groups excluding carboxylic acids is 3. The van der Waals surface area contributed by atoms with Crippen LogP contribution in [-0.2, 0) is 16.1 Å². The quantitative estimate of drug-likeness (QED) is 0.699. The van der Waals surface area contributed by atoms with Crippen LogP contribution in [0.4, 0.5) is 4.79 Å². The maximum Gasteiger partial charge on any atom is 0.344 e. The minimum Gasteiger partial charge on any atom is -0.322 e. The molecular weight excluding hydrogens is 394 g/mol. The van der Waals surface area contributed by atoms with Crippen LogP contribution in [0, 0.1) is 5.92 Å². The summed E-state index contributed by atoms with van der Waals surface area (Å²) in [6.45, 7) is 6.72. The molecule has 1 aromatic carbocycles. The second-order valence-electron chi connectivity index (χ2n) is 9.26. The van der Waals surface area contributed by atoms with Gasteiger partial charge in [0.05, 0.1) is 6.54 Å². The largest absolute Gasteiger partial charge is 0.344 e. The average molecular weight is 428 g/mol. The normalized spacial score (nSPS) is 27.9. The van der Waals surface area contributed by atoms with Gasteiger partial charge in [-0.05, 0) is 56.7 Å². The monoisotopic (exact) mass is 427 g/mol. The van der Waals surface area contributed by atoms with Crippen molar-refractivity contribution in [3.63, 3.8) is 0 Å². The molecule has 0 atom stereocenters. The molecular formula is C23H33N5O3. The van der Waals surface area contributed by atoms with E-state index in [0.717, 1.165) is 57.0 Å². The zero-order chi connectivity index (χ0) is 21.8. The van der Waals surface area contributed by atoms with Gasteiger partial charge < -0.3 is 5.32 Å². The summed E-state index contributed by atoms with van der Waals surface area (Å²) in [4.78, 5) is 42.4. The van der Waals surface area contributed by atoms with Crippen LogP contribution in [0.5, 0.6) is 0 Å². The Bertz CT molecular complexity index is 807. The summed E-state index contributed by atoms with van der Waals surface area (Å²) in [5.41, 5.74) is 3.01. The Morgan fingerprint density at radius 2 is 1.74 bits per heavy atom. The third-order valence-electron chi connectivity index (χ3n) is 6.82. The van der Waals surface area contributed by atoms with E-state index >= 15 is 0 Å². The van der Waals surface area contributed by atoms with E-state index in [-0.39, 0.29) is 18.4 Å². The lowest BCUT2D eigenvalue weighted by Gasteiger charge is -2.33. The molecule has 3 fully saturated rings. The molecule has 0 bridgehead atoms. The van der Waals surface area contributed by atoms with Crippen molar-refractivity contribution >= 4 is 17.8 Å². The second-order valence-corrected chi connectivity index (χ2v) is 9.26. The molecule has 1 aromatic rings. The van der Waals surface area contributed by atoms with Gasteiger partial charge >= 0.3 is 6.03 Å². The van der Waals surface area contributed by atoms with Crippen molar-refractivity contribution in [1.29, 1.82) is 0 Å². The van der Waals surface area contributed by atoms with Crippen LogP contribution in [0.25, 0.3) is 0 Å². The molecule has 2 aliphatic heterocycles. The fraction of sp³-hybridized carbons (Fsp3) is 0.609. The first-order valence-electron chi connectivity index (χ1n) is 11.4. The van der Waals surface area contributed by atoms with E-state index in [1.54, 1.807) is 0 Å². The van der Waals surface area contributed by atoms with Crippen LogP contribution in [0.1, 0.15) is 44.6 Å². The fourth-order valence-electron chi connectivity index (χ4n) is 4.86. The van der Waals surface area contributed by atoms with Crippen LogP contribution in [-0.4, -0.2) is 70.9 Å². The first kappa shape index (κ1) is 21.8. The lowest BCUT2D eigenvalue weighted by molar-refractivity contribution is -0.140. The molecule has 2 N–H and O–H groups in total. The van der Waals surface area contributed by atoms with Crippen molar-refractivity contribution in [1.82, 2.24) is 25.6 Å². The number of hydrogen-bond donors (Lipinski definition) is 2. The van der Waals surface area contributed by atoms with Gasteiger partial charge in [0.1, 0.15) is 5.54 Å². The number of benzene rings is 1. The molecule has 2 saturated heterocycles. The van der Waals surface area contributed by atoms with Crippen molar-refractivity contribution in [2.24, 2.45) is 5.92 Å². The molecule has 31 heavy (non-hydrogen) atoms. The van der Waals surface area contributed by atoms with E-state index in [4.69, 9.17) is 0 Å². The van der Waals surface area contributed by atoms with Crippen LogP contribution in [0.15, 0.2) is 30.3 Å². The van der Waals surface area contributed by atoms with Gasteiger partial charge in [-0.1, -0.05) is 37.3 Å². The summed E-state index contributed by atoms with van der Waals surface area (Å²) in [7, 11) is 0. The van der Waals surface area contributed by atoms with Crippen molar-refractivity contribution in [2.75, 3.05) is 32.7 Å². The number of rotatable bonds is 5. The lowest BCUT2D eigenvalue weighted by atomic mass is 9.77. The standard InChI is InChI=1S/C23H33N5O3/c1-18-8-10-23(11-9-18)21(30)28(22(31)24-23)25-20(29)17-27-13-5-12-26(14-15-27)16-19-6-3-2-4-7-19/h2-4,6-7,18H,5,8-17H2,1H3,(H,24,31)(H,25,29). The third-order valence-corrected chi connectivity index (χ3v) is 6.82. The van der Waals surface area contributed by atoms with E-state index < -0.39 is 11.6 Å². The molecule has 0 aromatic heterocycles. The number of nitrogens with one attached hydrogen (secondary N) is 2. The minimum absolute atomic E-state index is 0.181. The number of carbonyl (C=O) groups is 3. The van der Waals surface area contributed by atoms with Gasteiger partial charge in [-0.2, -0.15) is 5.01 Å². The Balaban J connectivity index is 1.27. The van der Waals surface area contributed by atoms with Gasteiger partial charge in [-0.25, -0.2) is 4.79 Å². The van der Waals surface area contributed by atoms with E-state index in [2.05, 4.69) is 51.7 Å². The highest BCUT2D eigenvalue weighted by atomic mass is 16.2. The Hall–Kier alpha value is -2.45. The van der Waals surface area contributed by atoms with E-state index in [1.165, 1.54) is 5.56 Å². The first-order chi connectivity index (χ1) is 14.9. The number of imide groups is 1. The number of urea groups is 1. The Morgan fingerprint density at radius 1 is 1.06 bits per heavy atom. The number of amides is 4. The van der Waals surface area contributed by atoms with Crippen molar-refractivity contribution in [3.8, 4) is 0 Å². The summed E-state index contributed by atoms with van der Waals surface area (Å²) < 4.78 is 0. The first-order valence-corrected chi connectivity index (χ1v) is 11.4. The van der Waals surface area contributed by atoms with Crippen molar-refractivity contribution in [2.45, 2.75) is 51.1 Å². The maximum absolute atomic E-state index is 12.9. The van der Waals surface area contributed by atoms with Gasteiger partial charge in [-0.3, -0.25) is 24.8 Å². The fourth-order valence-corrected chi connectivity index (χ4v) is 4.86. The molecule has 4 rings (SSSR count). The SMILES string of the molecule is CC1CCC2(CC1)NC(=O)N(NC(=O)CN1CCCN(Cc3ccccc3)CC1)C2=O. The van der Waals surface area contributed by atoms with E-state index in [0.29, 0.717) is 18.8 Å². The number of hydrazine groups is 1. The molecule has 1 spiro atoms. The predicted octanol–water partition coefficient (Wildman–Crippen LogP) is 1.73. The summed E-state index contributed by atoms with van der Waals surface area (Å²) in [5.74, 6) is -0.0765. The summed E-state index contributed by atoms with van der Waals surface area (Å²) in [5, 5.41) is 3.74. The van der Waals surface area contributed by atoms with Gasteiger partial charge in [0.15, 0.2) is 0 Å². The molecule has 1 saturated carbocycles. The molecule has 0 unspecified atom stereocenters. The molecule has 168 valence electrons. The van der Waals surface area contributed by atoms with Crippen molar-refractivity contribution in [3.05, 3.63) is 35.9 Å². The highest BCUT2D eigenvalue weighted by Crippen LogP contribution is 2.35. The zero-order valence-electron chi connectivity index (χ0n) is 18.3. The predicted molar refractivity (Wildman–Crippen MR) is 117 cm³/mol. The van der Waals surface area contributed by atoms with Crippen LogP contribution >= 0.6 is 0 Å². The molecule has 2 heterocycles. The average Bonchev–Trinajstić information content (AvgIpc) is 2.90.